The smallest absolute Gasteiger partial charge is 0.251 e. The average molecular weight is 327 g/mol. The van der Waals surface area contributed by atoms with Gasteiger partial charge in [0.1, 0.15) is 18.0 Å². The predicted molar refractivity (Wildman–Crippen MR) is 71.1 cm³/mol. The van der Waals surface area contributed by atoms with Gasteiger partial charge in [0.25, 0.3) is 5.91 Å². The Morgan fingerprint density at radius 3 is 3.00 bits per heavy atom. The van der Waals surface area contributed by atoms with Gasteiger partial charge in [-0.05, 0) is 40.5 Å². The molecule has 1 amide bonds. The summed E-state index contributed by atoms with van der Waals surface area (Å²) in [5.74, 6) is 0.180. The molecule has 2 N–H and O–H groups in total. The molecule has 19 heavy (non-hydrogen) atoms. The summed E-state index contributed by atoms with van der Waals surface area (Å²) in [4.78, 5) is 15.8. The van der Waals surface area contributed by atoms with Crippen LogP contribution in [0.5, 0.6) is 0 Å². The Morgan fingerprint density at radius 1 is 1.47 bits per heavy atom. The van der Waals surface area contributed by atoms with Gasteiger partial charge in [0.05, 0.1) is 4.47 Å². The zero-order valence-electron chi connectivity index (χ0n) is 9.99. The van der Waals surface area contributed by atoms with Crippen LogP contribution in [-0.4, -0.2) is 27.6 Å². The summed E-state index contributed by atoms with van der Waals surface area (Å²) >= 11 is 3.05. The minimum atomic E-state index is -0.387. The second-order valence-electron chi connectivity index (χ2n) is 3.92. The summed E-state index contributed by atoms with van der Waals surface area (Å²) in [5, 5.41) is 9.25. The molecule has 0 saturated heterocycles. The van der Waals surface area contributed by atoms with Gasteiger partial charge in [0.2, 0.25) is 0 Å². The topological polar surface area (TPSA) is 70.7 Å². The molecule has 0 bridgehead atoms. The number of aromatic nitrogens is 3. The Morgan fingerprint density at radius 2 is 2.32 bits per heavy atom. The Bertz CT molecular complexity index is 559. The Labute approximate surface area is 117 Å². The Kier molecular flexibility index (Phi) is 4.62. The molecule has 2 rings (SSSR count). The van der Waals surface area contributed by atoms with Crippen molar-refractivity contribution in [3.63, 3.8) is 0 Å². The van der Waals surface area contributed by atoms with Crippen molar-refractivity contribution in [3.05, 3.63) is 46.2 Å². The van der Waals surface area contributed by atoms with E-state index in [1.807, 2.05) is 0 Å². The van der Waals surface area contributed by atoms with E-state index >= 15 is 0 Å². The highest BCUT2D eigenvalue weighted by Gasteiger charge is 2.07. The summed E-state index contributed by atoms with van der Waals surface area (Å²) in [6, 6.07) is 4.17. The van der Waals surface area contributed by atoms with E-state index in [0.29, 0.717) is 18.5 Å². The van der Waals surface area contributed by atoms with Gasteiger partial charge in [0.15, 0.2) is 0 Å². The number of halogens is 2. The Balaban J connectivity index is 1.79. The van der Waals surface area contributed by atoms with Crippen LogP contribution >= 0.6 is 15.9 Å². The van der Waals surface area contributed by atoms with E-state index < -0.39 is 0 Å². The molecular formula is C12H12BrFN4O. The van der Waals surface area contributed by atoms with Crippen molar-refractivity contribution in [2.24, 2.45) is 0 Å². The molecule has 1 heterocycles. The largest absolute Gasteiger partial charge is 0.352 e. The molecule has 0 fully saturated rings. The fourth-order valence-electron chi connectivity index (χ4n) is 1.55. The van der Waals surface area contributed by atoms with Crippen LogP contribution in [0.2, 0.25) is 0 Å². The van der Waals surface area contributed by atoms with Gasteiger partial charge in [-0.2, -0.15) is 5.10 Å². The van der Waals surface area contributed by atoms with E-state index in [2.05, 4.69) is 36.4 Å². The number of carbonyl (C=O) groups excluding carboxylic acids is 1. The number of rotatable bonds is 5. The van der Waals surface area contributed by atoms with Crippen LogP contribution in [0.25, 0.3) is 0 Å². The first kappa shape index (κ1) is 13.7. The molecule has 2 aromatic rings. The molecule has 7 heteroatoms. The van der Waals surface area contributed by atoms with Gasteiger partial charge in [-0.15, -0.1) is 0 Å². The summed E-state index contributed by atoms with van der Waals surface area (Å²) in [6.45, 7) is 0.522. The van der Waals surface area contributed by atoms with Crippen molar-refractivity contribution in [1.82, 2.24) is 20.5 Å². The van der Waals surface area contributed by atoms with Gasteiger partial charge >= 0.3 is 0 Å². The normalized spacial score (nSPS) is 10.4. The number of amides is 1. The summed E-state index contributed by atoms with van der Waals surface area (Å²) in [6.07, 6.45) is 2.92. The number of carbonyl (C=O) groups is 1. The summed E-state index contributed by atoms with van der Waals surface area (Å²) in [5.41, 5.74) is 0.424. The lowest BCUT2D eigenvalue weighted by Crippen LogP contribution is -2.24. The molecule has 0 aliphatic rings. The maximum Gasteiger partial charge on any atom is 0.251 e. The van der Waals surface area contributed by atoms with Gasteiger partial charge in [-0.25, -0.2) is 9.37 Å². The quantitative estimate of drug-likeness (QED) is 0.826. The standard InChI is InChI=1S/C12H12BrFN4O/c13-9-6-8(3-4-10(9)14)12(19)15-5-1-2-11-16-7-17-18-11/h3-4,6-7H,1-2,5H2,(H,15,19)(H,16,17,18). The molecule has 0 saturated carbocycles. The molecule has 0 aliphatic carbocycles. The van der Waals surface area contributed by atoms with E-state index in [1.54, 1.807) is 0 Å². The molecule has 0 radical (unpaired) electrons. The third-order valence-corrected chi connectivity index (χ3v) is 3.13. The lowest BCUT2D eigenvalue weighted by Gasteiger charge is -2.05. The van der Waals surface area contributed by atoms with Crippen LogP contribution in [0, 0.1) is 5.82 Å². The average Bonchev–Trinajstić information content (AvgIpc) is 2.91. The van der Waals surface area contributed by atoms with E-state index in [1.165, 1.54) is 24.5 Å². The van der Waals surface area contributed by atoms with Crippen LogP contribution in [0.1, 0.15) is 22.6 Å². The molecule has 5 nitrogen and oxygen atoms in total. The third kappa shape index (κ3) is 3.85. The highest BCUT2D eigenvalue weighted by atomic mass is 79.9. The number of benzene rings is 1. The van der Waals surface area contributed by atoms with Gasteiger partial charge < -0.3 is 5.32 Å². The third-order valence-electron chi connectivity index (χ3n) is 2.52. The number of aromatic amines is 1. The lowest BCUT2D eigenvalue weighted by atomic mass is 10.2. The monoisotopic (exact) mass is 326 g/mol. The zero-order chi connectivity index (χ0) is 13.7. The fourth-order valence-corrected chi connectivity index (χ4v) is 1.93. The lowest BCUT2D eigenvalue weighted by molar-refractivity contribution is 0.0953. The number of hydrogen-bond acceptors (Lipinski definition) is 3. The van der Waals surface area contributed by atoms with Crippen LogP contribution in [0.3, 0.4) is 0 Å². The highest BCUT2D eigenvalue weighted by Crippen LogP contribution is 2.16. The first-order valence-corrected chi connectivity index (χ1v) is 6.53. The predicted octanol–water partition coefficient (Wildman–Crippen LogP) is 2.07. The number of H-pyrrole nitrogens is 1. The molecule has 100 valence electrons. The van der Waals surface area contributed by atoms with Crippen molar-refractivity contribution in [2.75, 3.05) is 6.54 Å². The van der Waals surface area contributed by atoms with E-state index in [-0.39, 0.29) is 16.2 Å². The van der Waals surface area contributed by atoms with Crippen LogP contribution in [-0.2, 0) is 6.42 Å². The maximum absolute atomic E-state index is 13.0. The number of aryl methyl sites for hydroxylation is 1. The van der Waals surface area contributed by atoms with Crippen molar-refractivity contribution in [3.8, 4) is 0 Å². The summed E-state index contributed by atoms with van der Waals surface area (Å²) in [7, 11) is 0. The van der Waals surface area contributed by atoms with Crippen molar-refractivity contribution < 1.29 is 9.18 Å². The van der Waals surface area contributed by atoms with E-state index in [4.69, 9.17) is 0 Å². The van der Waals surface area contributed by atoms with Gasteiger partial charge in [-0.1, -0.05) is 0 Å². The fraction of sp³-hybridized carbons (Fsp3) is 0.250. The Hall–Kier alpha value is -1.76. The minimum absolute atomic E-state index is 0.224. The SMILES string of the molecule is O=C(NCCCc1ncn[nH]1)c1ccc(F)c(Br)c1. The summed E-state index contributed by atoms with van der Waals surface area (Å²) < 4.78 is 13.3. The van der Waals surface area contributed by atoms with Crippen molar-refractivity contribution in [2.45, 2.75) is 12.8 Å². The van der Waals surface area contributed by atoms with E-state index in [0.717, 1.165) is 12.2 Å². The van der Waals surface area contributed by atoms with Crippen molar-refractivity contribution >= 4 is 21.8 Å². The minimum Gasteiger partial charge on any atom is -0.352 e. The van der Waals surface area contributed by atoms with E-state index in [9.17, 15) is 9.18 Å². The highest BCUT2D eigenvalue weighted by molar-refractivity contribution is 9.10. The number of nitrogens with zero attached hydrogens (tertiary/aromatic N) is 2. The number of hydrogen-bond donors (Lipinski definition) is 2. The molecule has 0 atom stereocenters. The van der Waals surface area contributed by atoms with Gasteiger partial charge in [-0.3, -0.25) is 9.89 Å². The van der Waals surface area contributed by atoms with Crippen LogP contribution in [0.15, 0.2) is 29.0 Å². The van der Waals surface area contributed by atoms with Crippen LogP contribution in [0.4, 0.5) is 4.39 Å². The first-order chi connectivity index (χ1) is 9.16. The van der Waals surface area contributed by atoms with Gasteiger partial charge in [0, 0.05) is 18.5 Å². The zero-order valence-corrected chi connectivity index (χ0v) is 11.6. The maximum atomic E-state index is 13.0. The van der Waals surface area contributed by atoms with Crippen molar-refractivity contribution in [1.29, 1.82) is 0 Å². The first-order valence-electron chi connectivity index (χ1n) is 5.74. The second kappa shape index (κ2) is 6.42. The molecule has 1 aromatic heterocycles. The molecule has 0 unspecified atom stereocenters. The second-order valence-corrected chi connectivity index (χ2v) is 4.77. The molecular weight excluding hydrogens is 315 g/mol. The molecule has 0 spiro atoms. The molecule has 0 aliphatic heterocycles. The number of nitrogens with one attached hydrogen (secondary N) is 2. The molecule has 1 aromatic carbocycles. The van der Waals surface area contributed by atoms with Crippen LogP contribution < -0.4 is 5.32 Å².